The molecule has 1 atom stereocenters. The highest BCUT2D eigenvalue weighted by Crippen LogP contribution is 2.31. The van der Waals surface area contributed by atoms with Gasteiger partial charge in [0.1, 0.15) is 10.7 Å². The molecule has 1 aromatic carbocycles. The molecule has 14 heteroatoms. The number of aryl methyl sites for hydroxylation is 1. The minimum Gasteiger partial charge on any atom is -0.337 e. The van der Waals surface area contributed by atoms with E-state index >= 15 is 0 Å². The number of hydrazone groups is 1. The van der Waals surface area contributed by atoms with Crippen molar-refractivity contribution in [3.05, 3.63) is 58.8 Å². The van der Waals surface area contributed by atoms with Gasteiger partial charge >= 0.3 is 6.03 Å². The molecule has 2 aromatic heterocycles. The van der Waals surface area contributed by atoms with E-state index in [-0.39, 0.29) is 16.5 Å². The molecule has 2 amide bonds. The number of piperazine rings is 1. The number of aromatic nitrogens is 4. The Morgan fingerprint density at radius 2 is 1.90 bits per heavy atom. The number of sulfone groups is 1. The molecule has 39 heavy (non-hydrogen) atoms. The number of anilines is 1. The van der Waals surface area contributed by atoms with E-state index < -0.39 is 21.7 Å². The largest absolute Gasteiger partial charge is 0.341 e. The molecule has 0 bridgehead atoms. The Morgan fingerprint density at radius 3 is 2.56 bits per heavy atom. The van der Waals surface area contributed by atoms with E-state index in [1.165, 1.54) is 15.8 Å². The predicted octanol–water partition coefficient (Wildman–Crippen LogP) is 2.37. The van der Waals surface area contributed by atoms with Crippen LogP contribution in [0.5, 0.6) is 0 Å². The Labute approximate surface area is 224 Å². The van der Waals surface area contributed by atoms with Crippen molar-refractivity contribution in [2.75, 3.05) is 37.3 Å². The van der Waals surface area contributed by atoms with Crippen molar-refractivity contribution in [3.63, 3.8) is 0 Å². The zero-order valence-electron chi connectivity index (χ0n) is 21.6. The summed E-state index contributed by atoms with van der Waals surface area (Å²) in [4.78, 5) is 26.1. The second-order valence-electron chi connectivity index (χ2n) is 9.43. The number of carbonyl (C=O) groups excluding carboxylic acids is 1. The third kappa shape index (κ3) is 5.05. The van der Waals surface area contributed by atoms with Gasteiger partial charge < -0.3 is 9.80 Å². The number of amides is 2. The number of rotatable bonds is 4. The van der Waals surface area contributed by atoms with Crippen LogP contribution in [0, 0.1) is 31.0 Å². The average Bonchev–Trinajstić information content (AvgIpc) is 3.52. The van der Waals surface area contributed by atoms with Crippen LogP contribution in [0.3, 0.4) is 0 Å². The molecule has 1 saturated heterocycles. The molecule has 0 unspecified atom stereocenters. The van der Waals surface area contributed by atoms with Gasteiger partial charge in [-0.1, -0.05) is 0 Å². The number of benzene rings is 1. The van der Waals surface area contributed by atoms with Crippen molar-refractivity contribution in [1.82, 2.24) is 29.7 Å². The lowest BCUT2D eigenvalue weighted by molar-refractivity contribution is 0.139. The highest BCUT2D eigenvalue weighted by molar-refractivity contribution is 7.90. The maximum absolute atomic E-state index is 14.0. The van der Waals surface area contributed by atoms with Crippen molar-refractivity contribution in [2.45, 2.75) is 31.2 Å². The van der Waals surface area contributed by atoms with Crippen molar-refractivity contribution in [2.24, 2.45) is 5.10 Å². The Hall–Kier alpha value is -4.38. The zero-order chi connectivity index (χ0) is 27.9. The maximum Gasteiger partial charge on any atom is 0.341 e. The van der Waals surface area contributed by atoms with Crippen molar-refractivity contribution in [3.8, 4) is 11.9 Å². The van der Waals surface area contributed by atoms with E-state index in [0.717, 1.165) is 12.3 Å². The average molecular weight is 552 g/mol. The van der Waals surface area contributed by atoms with Crippen LogP contribution in [0.15, 0.2) is 40.5 Å². The summed E-state index contributed by atoms with van der Waals surface area (Å²) in [6.45, 7) is 5.01. The van der Waals surface area contributed by atoms with E-state index in [2.05, 4.69) is 20.2 Å². The second kappa shape index (κ2) is 10.1. The highest BCUT2D eigenvalue weighted by Gasteiger charge is 2.34. The van der Waals surface area contributed by atoms with E-state index in [9.17, 15) is 22.9 Å². The fourth-order valence-electron chi connectivity index (χ4n) is 4.98. The number of nitrogens with zero attached hydrogens (tertiary/aromatic N) is 9. The lowest BCUT2D eigenvalue weighted by atomic mass is 10.0. The molecule has 0 spiro atoms. The molecule has 1 fully saturated rings. The Kier molecular flexibility index (Phi) is 6.77. The summed E-state index contributed by atoms with van der Waals surface area (Å²) in [6.07, 6.45) is 4.78. The summed E-state index contributed by atoms with van der Waals surface area (Å²) >= 11 is 0. The normalized spacial score (nSPS) is 17.5. The predicted molar refractivity (Wildman–Crippen MR) is 140 cm³/mol. The van der Waals surface area contributed by atoms with Crippen LogP contribution in [0.1, 0.15) is 35.0 Å². The maximum atomic E-state index is 14.0. The molecule has 2 aliphatic heterocycles. The molecule has 5 rings (SSSR count). The molecule has 2 aliphatic rings. The van der Waals surface area contributed by atoms with Crippen molar-refractivity contribution in [1.29, 1.82) is 5.26 Å². The molecule has 0 saturated carbocycles. The number of carbonyl (C=O) groups is 1. The molecule has 0 radical (unpaired) electrons. The van der Waals surface area contributed by atoms with E-state index in [1.807, 2.05) is 11.0 Å². The molecule has 0 N–H and O–H groups in total. The first-order chi connectivity index (χ1) is 18.6. The first-order valence-corrected chi connectivity index (χ1v) is 14.1. The van der Waals surface area contributed by atoms with Gasteiger partial charge in [0.2, 0.25) is 5.95 Å². The summed E-state index contributed by atoms with van der Waals surface area (Å²) < 4.78 is 39.9. The van der Waals surface area contributed by atoms with Gasteiger partial charge in [-0.05, 0) is 37.6 Å². The Bertz CT molecular complexity index is 1620. The minimum atomic E-state index is -3.45. The summed E-state index contributed by atoms with van der Waals surface area (Å²) in [6, 6.07) is 6.86. The van der Waals surface area contributed by atoms with Gasteiger partial charge in [0.15, 0.2) is 15.7 Å². The molecule has 12 nitrogen and oxygen atoms in total. The molecule has 0 aliphatic carbocycles. The molecular formula is C25H26FN9O3S. The lowest BCUT2D eigenvalue weighted by Crippen LogP contribution is -2.52. The van der Waals surface area contributed by atoms with E-state index in [0.29, 0.717) is 61.3 Å². The highest BCUT2D eigenvalue weighted by atomic mass is 32.2. The summed E-state index contributed by atoms with van der Waals surface area (Å²) in [5.74, 6) is 0.344. The SMILES string of the molecule is Cc1nn(-c2ccnc(N3CCN(C(=O)N4N=CC[C@H]4c4cc(F)cc(C#N)c4)CC3)n2)c(C)c1S(C)(=O)=O. The number of hydrogen-bond donors (Lipinski definition) is 0. The fourth-order valence-corrected chi connectivity index (χ4v) is 6.19. The smallest absolute Gasteiger partial charge is 0.337 e. The zero-order valence-corrected chi connectivity index (χ0v) is 22.4. The standard InChI is InChI=1S/C25H26FN9O3S/c1-16-23(39(3,37)38)17(2)34(31-16)22-5-6-28-24(30-22)32-8-10-33(11-9-32)25(36)35-21(4-7-29-35)19-12-18(15-27)13-20(26)14-19/h5-7,12-14,21H,4,8-11H2,1-3H3/t21-/m0/s1. The number of nitriles is 1. The van der Waals surface area contributed by atoms with Crippen LogP contribution in [0.4, 0.5) is 15.1 Å². The second-order valence-corrected chi connectivity index (χ2v) is 11.4. The van der Waals surface area contributed by atoms with Crippen LogP contribution in [-0.2, 0) is 9.84 Å². The van der Waals surface area contributed by atoms with Crippen LogP contribution in [0.2, 0.25) is 0 Å². The van der Waals surface area contributed by atoms with Gasteiger partial charge in [-0.15, -0.1) is 0 Å². The quantitative estimate of drug-likeness (QED) is 0.481. The monoisotopic (exact) mass is 551 g/mol. The van der Waals surface area contributed by atoms with Gasteiger partial charge in [0.25, 0.3) is 0 Å². The van der Waals surface area contributed by atoms with Gasteiger partial charge in [-0.2, -0.15) is 20.4 Å². The number of urea groups is 1. The number of hydrogen-bond acceptors (Lipinski definition) is 9. The summed E-state index contributed by atoms with van der Waals surface area (Å²) in [5.41, 5.74) is 1.57. The summed E-state index contributed by atoms with van der Waals surface area (Å²) in [7, 11) is -3.45. The summed E-state index contributed by atoms with van der Waals surface area (Å²) in [5, 5.41) is 19.1. The molecule has 4 heterocycles. The number of halogens is 1. The van der Waals surface area contributed by atoms with E-state index in [4.69, 9.17) is 0 Å². The topological polar surface area (TPSA) is 141 Å². The van der Waals surface area contributed by atoms with Crippen LogP contribution in [0.25, 0.3) is 5.82 Å². The third-order valence-corrected chi connectivity index (χ3v) is 8.07. The molecule has 3 aromatic rings. The fraction of sp³-hybridized carbons (Fsp3) is 0.360. The molecular weight excluding hydrogens is 525 g/mol. The Balaban J connectivity index is 1.29. The van der Waals surface area contributed by atoms with Crippen LogP contribution < -0.4 is 4.90 Å². The van der Waals surface area contributed by atoms with Crippen molar-refractivity contribution < 1.29 is 17.6 Å². The Morgan fingerprint density at radius 1 is 1.15 bits per heavy atom. The van der Waals surface area contributed by atoms with Gasteiger partial charge in [0.05, 0.1) is 29.1 Å². The molecule has 202 valence electrons. The van der Waals surface area contributed by atoms with Gasteiger partial charge in [0, 0.05) is 57.3 Å². The van der Waals surface area contributed by atoms with Gasteiger partial charge in [-0.3, -0.25) is 0 Å². The minimum absolute atomic E-state index is 0.180. The first-order valence-electron chi connectivity index (χ1n) is 12.2. The third-order valence-electron chi connectivity index (χ3n) is 6.73. The van der Waals surface area contributed by atoms with Gasteiger partial charge in [-0.25, -0.2) is 32.3 Å². The van der Waals surface area contributed by atoms with Crippen LogP contribution >= 0.6 is 0 Å². The van der Waals surface area contributed by atoms with Crippen LogP contribution in [-0.4, -0.2) is 82.8 Å². The van der Waals surface area contributed by atoms with E-state index in [1.54, 1.807) is 43.3 Å². The first kappa shape index (κ1) is 26.2. The lowest BCUT2D eigenvalue weighted by Gasteiger charge is -2.37. The van der Waals surface area contributed by atoms with Crippen molar-refractivity contribution >= 4 is 28.0 Å².